The molecule has 4 nitrogen and oxygen atoms in total. The van der Waals surface area contributed by atoms with Gasteiger partial charge in [0.15, 0.2) is 0 Å². The number of anilines is 1. The van der Waals surface area contributed by atoms with Gasteiger partial charge in [0.05, 0.1) is 18.3 Å². The second kappa shape index (κ2) is 6.12. The van der Waals surface area contributed by atoms with Crippen molar-refractivity contribution in [3.05, 3.63) is 54.5 Å². The molecule has 18 heavy (non-hydrogen) atoms. The van der Waals surface area contributed by atoms with Gasteiger partial charge < -0.3 is 10.4 Å². The van der Waals surface area contributed by atoms with Crippen LogP contribution < -0.4 is 5.32 Å². The molecule has 0 saturated heterocycles. The number of nitrogens with zero attached hydrogens (tertiary/aromatic N) is 2. The van der Waals surface area contributed by atoms with Gasteiger partial charge in [-0.25, -0.2) is 4.98 Å². The van der Waals surface area contributed by atoms with Crippen LogP contribution in [0.2, 0.25) is 0 Å². The van der Waals surface area contributed by atoms with E-state index in [9.17, 15) is 5.11 Å². The molecular weight excluding hydrogens is 226 g/mol. The van der Waals surface area contributed by atoms with E-state index in [-0.39, 0.29) is 6.04 Å². The largest absolute Gasteiger partial charge is 0.391 e. The van der Waals surface area contributed by atoms with Crippen LogP contribution in [0.15, 0.2) is 48.9 Å². The van der Waals surface area contributed by atoms with Gasteiger partial charge in [0.25, 0.3) is 0 Å². The Hall–Kier alpha value is -1.94. The third-order valence-corrected chi connectivity index (χ3v) is 2.80. The van der Waals surface area contributed by atoms with Gasteiger partial charge in [-0.3, -0.25) is 4.98 Å². The predicted molar refractivity (Wildman–Crippen MR) is 71.3 cm³/mol. The van der Waals surface area contributed by atoms with Gasteiger partial charge in [-0.05, 0) is 12.5 Å². The van der Waals surface area contributed by atoms with Crippen molar-refractivity contribution in [3.8, 4) is 0 Å². The third-order valence-electron chi connectivity index (χ3n) is 2.80. The molecule has 0 aliphatic rings. The van der Waals surface area contributed by atoms with E-state index in [0.717, 1.165) is 5.56 Å². The molecule has 0 aliphatic carbocycles. The van der Waals surface area contributed by atoms with Crippen molar-refractivity contribution in [2.75, 3.05) is 5.32 Å². The van der Waals surface area contributed by atoms with Crippen LogP contribution in [0.5, 0.6) is 0 Å². The van der Waals surface area contributed by atoms with Gasteiger partial charge in [-0.2, -0.15) is 0 Å². The number of nitrogens with one attached hydrogen (secondary N) is 1. The summed E-state index contributed by atoms with van der Waals surface area (Å²) in [5.41, 5.74) is 1.12. The molecular formula is C14H17N3O. The Morgan fingerprint density at radius 3 is 2.67 bits per heavy atom. The smallest absolute Gasteiger partial charge is 0.144 e. The molecule has 1 aromatic carbocycles. The van der Waals surface area contributed by atoms with Crippen LogP contribution in [0.4, 0.5) is 5.82 Å². The highest BCUT2D eigenvalue weighted by Gasteiger charge is 2.14. The number of aliphatic hydroxyl groups is 1. The van der Waals surface area contributed by atoms with E-state index in [1.54, 1.807) is 18.6 Å². The van der Waals surface area contributed by atoms with E-state index in [1.165, 1.54) is 0 Å². The van der Waals surface area contributed by atoms with E-state index < -0.39 is 6.10 Å². The number of hydrogen-bond acceptors (Lipinski definition) is 4. The molecule has 0 fully saturated rings. The van der Waals surface area contributed by atoms with E-state index in [4.69, 9.17) is 0 Å². The molecule has 0 radical (unpaired) electrons. The van der Waals surface area contributed by atoms with Gasteiger partial charge in [-0.1, -0.05) is 30.3 Å². The molecule has 0 amide bonds. The summed E-state index contributed by atoms with van der Waals surface area (Å²) >= 11 is 0. The molecule has 2 atom stereocenters. The fourth-order valence-corrected chi connectivity index (χ4v) is 1.74. The number of hydrogen-bond donors (Lipinski definition) is 2. The molecule has 2 N–H and O–H groups in total. The van der Waals surface area contributed by atoms with Gasteiger partial charge in [0, 0.05) is 18.8 Å². The van der Waals surface area contributed by atoms with Crippen molar-refractivity contribution >= 4 is 5.82 Å². The molecule has 0 unspecified atom stereocenters. The van der Waals surface area contributed by atoms with Crippen LogP contribution in [0.3, 0.4) is 0 Å². The van der Waals surface area contributed by atoms with Gasteiger partial charge >= 0.3 is 0 Å². The van der Waals surface area contributed by atoms with Crippen molar-refractivity contribution < 1.29 is 5.11 Å². The topological polar surface area (TPSA) is 58.0 Å². The summed E-state index contributed by atoms with van der Waals surface area (Å²) in [5, 5.41) is 13.3. The summed E-state index contributed by atoms with van der Waals surface area (Å²) in [5.74, 6) is 0.678. The van der Waals surface area contributed by atoms with Crippen LogP contribution in [-0.2, 0) is 6.42 Å². The lowest BCUT2D eigenvalue weighted by Gasteiger charge is -2.20. The average Bonchev–Trinajstić information content (AvgIpc) is 2.41. The normalized spacial score (nSPS) is 13.9. The molecule has 2 rings (SSSR count). The highest BCUT2D eigenvalue weighted by atomic mass is 16.3. The number of benzene rings is 1. The second-order valence-electron chi connectivity index (χ2n) is 4.28. The maximum Gasteiger partial charge on any atom is 0.144 e. The van der Waals surface area contributed by atoms with Crippen molar-refractivity contribution in [3.63, 3.8) is 0 Å². The van der Waals surface area contributed by atoms with Crippen LogP contribution in [0, 0.1) is 0 Å². The molecule has 94 valence electrons. The molecule has 1 heterocycles. The Balaban J connectivity index is 1.91. The SMILES string of the molecule is C[C@H](Nc1cnccn1)[C@@H](O)Cc1ccccc1. The van der Waals surface area contributed by atoms with Crippen LogP contribution >= 0.6 is 0 Å². The maximum atomic E-state index is 10.1. The zero-order valence-electron chi connectivity index (χ0n) is 10.3. The Morgan fingerprint density at radius 1 is 1.22 bits per heavy atom. The molecule has 1 aromatic heterocycles. The number of rotatable bonds is 5. The third kappa shape index (κ3) is 3.53. The Morgan fingerprint density at radius 2 is 2.00 bits per heavy atom. The summed E-state index contributed by atoms with van der Waals surface area (Å²) in [7, 11) is 0. The molecule has 4 heteroatoms. The lowest BCUT2D eigenvalue weighted by atomic mass is 10.0. The van der Waals surface area contributed by atoms with Crippen LogP contribution in [0.25, 0.3) is 0 Å². The predicted octanol–water partition coefficient (Wildman–Crippen LogP) is 1.88. The molecule has 2 aromatic rings. The zero-order chi connectivity index (χ0) is 12.8. The highest BCUT2D eigenvalue weighted by Crippen LogP contribution is 2.09. The van der Waals surface area contributed by atoms with Crippen molar-refractivity contribution in [2.45, 2.75) is 25.5 Å². The van der Waals surface area contributed by atoms with Gasteiger partial charge in [0.2, 0.25) is 0 Å². The average molecular weight is 243 g/mol. The van der Waals surface area contributed by atoms with E-state index in [1.807, 2.05) is 37.3 Å². The first-order chi connectivity index (χ1) is 8.75. The van der Waals surface area contributed by atoms with E-state index in [0.29, 0.717) is 12.2 Å². The van der Waals surface area contributed by atoms with Crippen molar-refractivity contribution in [1.82, 2.24) is 9.97 Å². The summed E-state index contributed by atoms with van der Waals surface area (Å²) < 4.78 is 0. The fourth-order valence-electron chi connectivity index (χ4n) is 1.74. The van der Waals surface area contributed by atoms with E-state index in [2.05, 4.69) is 15.3 Å². The van der Waals surface area contributed by atoms with Crippen LogP contribution in [0.1, 0.15) is 12.5 Å². The Bertz CT molecular complexity index is 415. The molecule has 0 bridgehead atoms. The standard InChI is InChI=1S/C14H17N3O/c1-11(17-14-10-15-7-8-16-14)13(18)9-12-5-3-2-4-6-12/h2-8,10-11,13,18H,9H2,1H3,(H,16,17)/t11-,13-/m0/s1. The first kappa shape index (κ1) is 12.5. The van der Waals surface area contributed by atoms with E-state index >= 15 is 0 Å². The fraction of sp³-hybridized carbons (Fsp3) is 0.286. The minimum Gasteiger partial charge on any atom is -0.391 e. The lowest BCUT2D eigenvalue weighted by Crippen LogP contribution is -2.32. The van der Waals surface area contributed by atoms with Crippen molar-refractivity contribution in [1.29, 1.82) is 0 Å². The summed E-state index contributed by atoms with van der Waals surface area (Å²) in [6.07, 6.45) is 5.05. The van der Waals surface area contributed by atoms with Gasteiger partial charge in [-0.15, -0.1) is 0 Å². The molecule has 0 saturated carbocycles. The lowest BCUT2D eigenvalue weighted by molar-refractivity contribution is 0.158. The highest BCUT2D eigenvalue weighted by molar-refractivity contribution is 5.31. The number of aromatic nitrogens is 2. The summed E-state index contributed by atoms with van der Waals surface area (Å²) in [6, 6.07) is 9.86. The van der Waals surface area contributed by atoms with Gasteiger partial charge in [0.1, 0.15) is 5.82 Å². The Labute approximate surface area is 107 Å². The van der Waals surface area contributed by atoms with Crippen molar-refractivity contribution in [2.24, 2.45) is 0 Å². The maximum absolute atomic E-state index is 10.1. The monoisotopic (exact) mass is 243 g/mol. The summed E-state index contributed by atoms with van der Waals surface area (Å²) in [6.45, 7) is 1.93. The second-order valence-corrected chi connectivity index (χ2v) is 4.28. The molecule has 0 aliphatic heterocycles. The number of aliphatic hydroxyl groups excluding tert-OH is 1. The first-order valence-corrected chi connectivity index (χ1v) is 6.00. The quantitative estimate of drug-likeness (QED) is 0.842. The molecule has 0 spiro atoms. The zero-order valence-corrected chi connectivity index (χ0v) is 10.3. The Kier molecular flexibility index (Phi) is 4.25. The van der Waals surface area contributed by atoms with Crippen LogP contribution in [-0.4, -0.2) is 27.2 Å². The minimum absolute atomic E-state index is 0.0816. The minimum atomic E-state index is -0.464. The summed E-state index contributed by atoms with van der Waals surface area (Å²) in [4.78, 5) is 8.10. The first-order valence-electron chi connectivity index (χ1n) is 6.00.